The van der Waals surface area contributed by atoms with Crippen LogP contribution in [0, 0.1) is 0 Å². The van der Waals surface area contributed by atoms with E-state index in [-0.39, 0.29) is 12.5 Å². The van der Waals surface area contributed by atoms with Crippen LogP contribution in [0.4, 0.5) is 0 Å². The van der Waals surface area contributed by atoms with Gasteiger partial charge in [-0.2, -0.15) is 0 Å². The average Bonchev–Trinajstić information content (AvgIpc) is 2.44. The van der Waals surface area contributed by atoms with Crippen LogP contribution in [0.25, 0.3) is 0 Å². The number of aliphatic hydroxyl groups excluding tert-OH is 1. The molecule has 2 rings (SSSR count). The van der Waals surface area contributed by atoms with Crippen LogP contribution in [0.1, 0.15) is 21.5 Å². The molecule has 0 radical (unpaired) electrons. The van der Waals surface area contributed by atoms with Gasteiger partial charge in [0.25, 0.3) is 5.91 Å². The fourth-order valence-electron chi connectivity index (χ4n) is 1.73. The van der Waals surface area contributed by atoms with Crippen molar-refractivity contribution < 1.29 is 9.90 Å². The van der Waals surface area contributed by atoms with Crippen LogP contribution in [0.3, 0.4) is 0 Å². The highest BCUT2D eigenvalue weighted by Crippen LogP contribution is 2.19. The predicted octanol–water partition coefficient (Wildman–Crippen LogP) is 3.52. The molecule has 5 heteroatoms. The number of carbonyl (C=O) groups excluding carboxylic acids is 1. The van der Waals surface area contributed by atoms with Crippen LogP contribution in [-0.4, -0.2) is 11.0 Å². The Hall–Kier alpha value is -1.36. The van der Waals surface area contributed by atoms with Crippen molar-refractivity contribution in [2.75, 3.05) is 0 Å². The number of nitrogens with one attached hydrogen (secondary N) is 1. The zero-order chi connectivity index (χ0) is 14.5. The Kier molecular flexibility index (Phi) is 5.17. The summed E-state index contributed by atoms with van der Waals surface area (Å²) in [6.45, 7) is 0.442. The van der Waals surface area contributed by atoms with E-state index in [4.69, 9.17) is 16.7 Å². The first-order valence-electron chi connectivity index (χ1n) is 6.01. The van der Waals surface area contributed by atoms with E-state index in [9.17, 15) is 4.79 Å². The molecule has 0 aliphatic heterocycles. The molecule has 1 amide bonds. The molecule has 0 heterocycles. The summed E-state index contributed by atoms with van der Waals surface area (Å²) in [5.74, 6) is -0.181. The van der Waals surface area contributed by atoms with E-state index in [1.165, 1.54) is 0 Å². The lowest BCUT2D eigenvalue weighted by Crippen LogP contribution is -2.22. The summed E-state index contributed by atoms with van der Waals surface area (Å²) in [5.41, 5.74) is 2.33. The summed E-state index contributed by atoms with van der Waals surface area (Å²) in [6.07, 6.45) is 0. The van der Waals surface area contributed by atoms with Gasteiger partial charge in [-0.15, -0.1) is 0 Å². The van der Waals surface area contributed by atoms with Crippen molar-refractivity contribution in [1.82, 2.24) is 5.32 Å². The number of aliphatic hydroxyl groups is 1. The van der Waals surface area contributed by atoms with Crippen molar-refractivity contribution in [3.8, 4) is 0 Å². The average molecular weight is 355 g/mol. The van der Waals surface area contributed by atoms with E-state index in [1.807, 2.05) is 24.3 Å². The van der Waals surface area contributed by atoms with Gasteiger partial charge < -0.3 is 10.4 Å². The largest absolute Gasteiger partial charge is 0.392 e. The minimum absolute atomic E-state index is 0.0170. The maximum atomic E-state index is 12.0. The van der Waals surface area contributed by atoms with Gasteiger partial charge in [0.2, 0.25) is 0 Å². The normalized spacial score (nSPS) is 10.3. The van der Waals surface area contributed by atoms with Crippen LogP contribution < -0.4 is 5.32 Å². The Morgan fingerprint density at radius 2 is 1.80 bits per heavy atom. The van der Waals surface area contributed by atoms with Gasteiger partial charge in [-0.1, -0.05) is 51.8 Å². The lowest BCUT2D eigenvalue weighted by molar-refractivity contribution is 0.0951. The SMILES string of the molecule is O=C(NCc1ccc(CO)cc1)c1cc(Cl)cc(Br)c1. The Bertz CT molecular complexity index is 594. The molecule has 2 aromatic rings. The summed E-state index contributed by atoms with van der Waals surface area (Å²) < 4.78 is 0.766. The lowest BCUT2D eigenvalue weighted by atomic mass is 10.1. The molecule has 2 N–H and O–H groups in total. The minimum atomic E-state index is -0.181. The Morgan fingerprint density at radius 3 is 2.40 bits per heavy atom. The molecular weight excluding hydrogens is 342 g/mol. The zero-order valence-corrected chi connectivity index (χ0v) is 12.9. The summed E-state index contributed by atoms with van der Waals surface area (Å²) >= 11 is 9.22. The molecule has 104 valence electrons. The van der Waals surface area contributed by atoms with Gasteiger partial charge >= 0.3 is 0 Å². The smallest absolute Gasteiger partial charge is 0.251 e. The van der Waals surface area contributed by atoms with E-state index in [2.05, 4.69) is 21.2 Å². The quantitative estimate of drug-likeness (QED) is 0.882. The van der Waals surface area contributed by atoms with Crippen molar-refractivity contribution in [3.05, 3.63) is 68.7 Å². The molecule has 0 saturated heterocycles. The molecule has 20 heavy (non-hydrogen) atoms. The molecule has 0 aromatic heterocycles. The van der Waals surface area contributed by atoms with Gasteiger partial charge in [0.15, 0.2) is 0 Å². The van der Waals surface area contributed by atoms with Gasteiger partial charge in [-0.25, -0.2) is 0 Å². The van der Waals surface area contributed by atoms with Crippen LogP contribution >= 0.6 is 27.5 Å². The van der Waals surface area contributed by atoms with E-state index in [1.54, 1.807) is 18.2 Å². The maximum absolute atomic E-state index is 12.0. The number of benzene rings is 2. The second-order valence-electron chi connectivity index (χ2n) is 4.32. The molecule has 0 saturated carbocycles. The van der Waals surface area contributed by atoms with Crippen LogP contribution in [-0.2, 0) is 13.2 Å². The first kappa shape index (κ1) is 15.0. The highest BCUT2D eigenvalue weighted by atomic mass is 79.9. The second kappa shape index (κ2) is 6.88. The molecule has 0 bridgehead atoms. The number of halogens is 2. The van der Waals surface area contributed by atoms with Gasteiger partial charge in [-0.05, 0) is 29.3 Å². The first-order valence-corrected chi connectivity index (χ1v) is 7.18. The lowest BCUT2D eigenvalue weighted by Gasteiger charge is -2.07. The Labute approximate surface area is 130 Å². The number of amides is 1. The standard InChI is InChI=1S/C15H13BrClNO2/c16-13-5-12(6-14(17)7-13)15(20)18-8-10-1-3-11(9-19)4-2-10/h1-7,19H,8-9H2,(H,18,20). The molecule has 0 unspecified atom stereocenters. The third-order valence-electron chi connectivity index (χ3n) is 2.78. The fourth-order valence-corrected chi connectivity index (χ4v) is 2.59. The van der Waals surface area contributed by atoms with E-state index < -0.39 is 0 Å². The summed E-state index contributed by atoms with van der Waals surface area (Å²) in [5, 5.41) is 12.3. The molecule has 3 nitrogen and oxygen atoms in total. The fraction of sp³-hybridized carbons (Fsp3) is 0.133. The van der Waals surface area contributed by atoms with Crippen molar-refractivity contribution in [1.29, 1.82) is 0 Å². The van der Waals surface area contributed by atoms with Gasteiger partial charge in [0.05, 0.1) is 6.61 Å². The van der Waals surface area contributed by atoms with Crippen molar-refractivity contribution in [3.63, 3.8) is 0 Å². The highest BCUT2D eigenvalue weighted by Gasteiger charge is 2.07. The van der Waals surface area contributed by atoms with Crippen LogP contribution in [0.15, 0.2) is 46.9 Å². The van der Waals surface area contributed by atoms with Gasteiger partial charge in [-0.3, -0.25) is 4.79 Å². The predicted molar refractivity (Wildman–Crippen MR) is 82.7 cm³/mol. The Balaban J connectivity index is 2.00. The molecule has 0 aliphatic carbocycles. The minimum Gasteiger partial charge on any atom is -0.392 e. The summed E-state index contributed by atoms with van der Waals surface area (Å²) in [6, 6.07) is 12.5. The van der Waals surface area contributed by atoms with Crippen molar-refractivity contribution in [2.45, 2.75) is 13.2 Å². The number of hydrogen-bond acceptors (Lipinski definition) is 2. The molecule has 2 aromatic carbocycles. The molecule has 0 fully saturated rings. The third-order valence-corrected chi connectivity index (χ3v) is 3.46. The van der Waals surface area contributed by atoms with Crippen molar-refractivity contribution >= 4 is 33.4 Å². The van der Waals surface area contributed by atoms with Crippen LogP contribution in [0.2, 0.25) is 5.02 Å². The van der Waals surface area contributed by atoms with Gasteiger partial charge in [0.1, 0.15) is 0 Å². The Morgan fingerprint density at radius 1 is 1.15 bits per heavy atom. The number of hydrogen-bond donors (Lipinski definition) is 2. The topological polar surface area (TPSA) is 49.3 Å². The molecule has 0 aliphatic rings. The monoisotopic (exact) mass is 353 g/mol. The molecule has 0 atom stereocenters. The second-order valence-corrected chi connectivity index (χ2v) is 5.67. The first-order chi connectivity index (χ1) is 9.58. The number of carbonyl (C=O) groups is 1. The maximum Gasteiger partial charge on any atom is 0.251 e. The summed E-state index contributed by atoms with van der Waals surface area (Å²) in [4.78, 5) is 12.0. The van der Waals surface area contributed by atoms with E-state index in [0.717, 1.165) is 15.6 Å². The molecular formula is C15H13BrClNO2. The van der Waals surface area contributed by atoms with E-state index in [0.29, 0.717) is 17.1 Å². The summed E-state index contributed by atoms with van der Waals surface area (Å²) in [7, 11) is 0. The third kappa shape index (κ3) is 4.07. The molecule has 0 spiro atoms. The highest BCUT2D eigenvalue weighted by molar-refractivity contribution is 9.10. The zero-order valence-electron chi connectivity index (χ0n) is 10.6. The number of rotatable bonds is 4. The van der Waals surface area contributed by atoms with E-state index >= 15 is 0 Å². The van der Waals surface area contributed by atoms with Crippen LogP contribution in [0.5, 0.6) is 0 Å². The van der Waals surface area contributed by atoms with Crippen molar-refractivity contribution in [2.24, 2.45) is 0 Å². The van der Waals surface area contributed by atoms with Gasteiger partial charge in [0, 0.05) is 21.6 Å².